The third kappa shape index (κ3) is 15.1. The zero-order valence-corrected chi connectivity index (χ0v) is 47.1. The van der Waals surface area contributed by atoms with Crippen LogP contribution in [0.1, 0.15) is 12.5 Å². The van der Waals surface area contributed by atoms with Crippen molar-refractivity contribution in [2.24, 2.45) is 0 Å². The van der Waals surface area contributed by atoms with Gasteiger partial charge in [-0.2, -0.15) is 0 Å². The zero-order chi connectivity index (χ0) is 41.9. The van der Waals surface area contributed by atoms with E-state index in [-0.39, 0.29) is 182 Å². The van der Waals surface area contributed by atoms with Crippen molar-refractivity contribution in [1.82, 2.24) is 39.0 Å². The van der Waals surface area contributed by atoms with E-state index in [2.05, 4.69) is 56.2 Å². The van der Waals surface area contributed by atoms with Crippen molar-refractivity contribution in [3.8, 4) is 0 Å². The number of aliphatic hydroxyl groups is 4. The summed E-state index contributed by atoms with van der Waals surface area (Å²) in [6.45, 7) is -2.37. The summed E-state index contributed by atoms with van der Waals surface area (Å²) in [6.07, 6.45) is -9.20. The molecule has 13 atom stereocenters. The van der Waals surface area contributed by atoms with Gasteiger partial charge in [0, 0.05) is 0 Å². The van der Waals surface area contributed by atoms with E-state index in [0.29, 0.717) is 0 Å². The maximum atomic E-state index is 12.5. The van der Waals surface area contributed by atoms with E-state index in [4.69, 9.17) is 28.5 Å². The molecule has 0 bridgehead atoms. The number of phosphoric acid groups is 4. The first-order valence-electron chi connectivity index (χ1n) is 15.0. The van der Waals surface area contributed by atoms with Crippen LogP contribution < -0.4 is 179 Å². The monoisotopic (exact) mass is 1020 g/mol. The molecule has 4 aromatic heterocycles. The quantitative estimate of drug-likeness (QED) is 0.0448. The second kappa shape index (κ2) is 24.4. The van der Waals surface area contributed by atoms with E-state index in [0.717, 1.165) is 34.4 Å². The molecule has 0 spiro atoms. The number of aliphatic hydroxyl groups excluding tert-OH is 4. The largest absolute Gasteiger partial charge is 1.00 e. The van der Waals surface area contributed by atoms with Crippen LogP contribution in [0.5, 0.6) is 0 Å². The van der Waals surface area contributed by atoms with Crippen LogP contribution in [0, 0.1) is 0 Å². The molecule has 4 aromatic rings. The van der Waals surface area contributed by atoms with Gasteiger partial charge in [-0.25, -0.2) is 42.8 Å². The van der Waals surface area contributed by atoms with Crippen LogP contribution in [0.4, 0.5) is 11.6 Å². The molecular weight excluding hydrogens is 997 g/mol. The van der Waals surface area contributed by atoms with Gasteiger partial charge < -0.3 is 82.1 Å². The van der Waals surface area contributed by atoms with Crippen LogP contribution >= 0.6 is 38.8 Å². The van der Waals surface area contributed by atoms with Crippen molar-refractivity contribution in [3.63, 3.8) is 0 Å². The Morgan fingerprint density at radius 3 is 1.34 bits per heavy atom. The number of imidazole rings is 2. The van der Waals surface area contributed by atoms with Crippen LogP contribution in [-0.2, 0) is 58.6 Å². The Morgan fingerprint density at radius 1 is 0.581 bits per heavy atom. The van der Waals surface area contributed by atoms with Gasteiger partial charge in [0.1, 0.15) is 60.3 Å². The Morgan fingerprint density at radius 2 is 0.935 bits per heavy atom. The number of anilines is 2. The van der Waals surface area contributed by atoms with Gasteiger partial charge in [-0.1, -0.05) is 0 Å². The van der Waals surface area contributed by atoms with Crippen LogP contribution in [0.2, 0.25) is 0 Å². The van der Waals surface area contributed by atoms with Crippen molar-refractivity contribution < 1.29 is 246 Å². The first kappa shape index (κ1) is 62.3. The van der Waals surface area contributed by atoms with E-state index in [1.54, 1.807) is 0 Å². The molecule has 2 saturated heterocycles. The molecule has 0 aromatic carbocycles. The fraction of sp³-hybridized carbons (Fsp3) is 0.500. The fourth-order valence-corrected chi connectivity index (χ4v) is 11.5. The third-order valence-electron chi connectivity index (χ3n) is 7.63. The molecular formula is C20H24BN10Na5O21P5. The number of rotatable bonds is 16. The molecule has 2 fully saturated rings. The first-order valence-corrected chi connectivity index (χ1v) is 22.5. The smallest absolute Gasteiger partial charge is 0.756 e. The summed E-state index contributed by atoms with van der Waals surface area (Å²) in [6, 6.07) is 0. The van der Waals surface area contributed by atoms with E-state index < -0.39 is 101 Å². The summed E-state index contributed by atoms with van der Waals surface area (Å²) in [5, 5.41) is 41.7. The molecule has 0 saturated carbocycles. The van der Waals surface area contributed by atoms with Crippen molar-refractivity contribution >= 4 is 80.3 Å². The maximum Gasteiger partial charge on any atom is 1.00 e. The SMILES string of the molecule is [B-][P@@](=O)(OC[C@@H]1O[C@H](n2cnc3c(N)ncnc32)[C@@H](O)[C@H]1O)OP(=O)([O-])OP(=O)([O-])OP(=O)([O-])OP(=O)([O-])OC[C@H]1O[C@@H](n2cnc3c(N)ncnc32)[C@H](O)[C@@H]1O.[Na+].[Na+].[Na+].[Na+].[Na+]. The number of fused-ring (bicyclic) bond motifs is 2. The second-order valence-electron chi connectivity index (χ2n) is 11.5. The standard InChI is InChI=1S/C20H28BN10O21P5.5Na/c21-53(36,45-1-7-11(32)13(34)19(47-7)30-5-28-9-15(22)24-3-26-17(9)30)49-55(39,40)51-57(43,44)52-56(41,42)50-54(37,38)46-2-8-12(33)14(35)20(48-8)31-6-29-10-16(23)25-4-27-18(10)31;;;;;/h3-8,11-14,19-20,32-35H,1-2H2,(H,37,38)(H,39,40)(H,41,42)(H,43,44)(H2,22,24,26)(H2,23,25,27);;;;;/q-1;5*+1/p-4/t7-,8+,11-,12+,13-,14+,19-,20+,53+;;;;;/m0...../s1. The number of hydrogen-bond donors (Lipinski definition) is 6. The maximum absolute atomic E-state index is 12.5. The molecule has 313 valence electrons. The predicted octanol–water partition coefficient (Wildman–Crippen LogP) is -19.7. The minimum absolute atomic E-state index is 0. The number of nitrogens with zero attached hydrogens (tertiary/aromatic N) is 8. The zero-order valence-electron chi connectivity index (χ0n) is 32.6. The topological polar surface area (TPSA) is 472 Å². The Kier molecular flexibility index (Phi) is 24.5. The van der Waals surface area contributed by atoms with Gasteiger partial charge in [-0.3, -0.25) is 31.7 Å². The van der Waals surface area contributed by atoms with Crippen molar-refractivity contribution in [2.45, 2.75) is 49.1 Å². The van der Waals surface area contributed by atoms with E-state index in [1.807, 2.05) is 0 Å². The van der Waals surface area contributed by atoms with Crippen molar-refractivity contribution in [3.05, 3.63) is 25.3 Å². The molecule has 2 aliphatic heterocycles. The number of nitrogens with two attached hydrogens (primary N) is 2. The summed E-state index contributed by atoms with van der Waals surface area (Å²) in [5.41, 5.74) is 11.7. The Hall–Kier alpha value is 2.27. The van der Waals surface area contributed by atoms with Gasteiger partial charge in [0.05, 0.1) is 33.3 Å². The summed E-state index contributed by atoms with van der Waals surface area (Å²) in [4.78, 5) is 71.9. The number of hydrogen-bond acceptors (Lipinski definition) is 29. The van der Waals surface area contributed by atoms with Crippen molar-refractivity contribution in [1.29, 1.82) is 0 Å². The number of phosphoric ester groups is 1. The Bertz CT molecular complexity index is 2260. The number of nitrogen functional groups attached to an aromatic ring is 2. The van der Waals surface area contributed by atoms with Crippen LogP contribution in [-0.4, -0.2) is 117 Å². The summed E-state index contributed by atoms with van der Waals surface area (Å²) >= 11 is 0. The van der Waals surface area contributed by atoms with Gasteiger partial charge >= 0.3 is 148 Å². The van der Waals surface area contributed by atoms with Gasteiger partial charge in [0.25, 0.3) is 31.3 Å². The molecule has 62 heavy (non-hydrogen) atoms. The minimum atomic E-state index is -6.79. The summed E-state index contributed by atoms with van der Waals surface area (Å²) in [7, 11) is -26.6. The number of aromatic nitrogens is 8. The van der Waals surface area contributed by atoms with Crippen LogP contribution in [0.15, 0.2) is 25.3 Å². The first-order chi connectivity index (χ1) is 26.4. The molecule has 6 rings (SSSR count). The van der Waals surface area contributed by atoms with E-state index >= 15 is 0 Å². The third-order valence-corrected chi connectivity index (χ3v) is 15.1. The van der Waals surface area contributed by atoms with Gasteiger partial charge in [0.15, 0.2) is 35.4 Å². The Labute approximate surface area is 458 Å². The molecule has 31 nitrogen and oxygen atoms in total. The summed E-state index contributed by atoms with van der Waals surface area (Å²) < 4.78 is 97.6. The van der Waals surface area contributed by atoms with E-state index in [1.165, 1.54) is 0 Å². The predicted molar refractivity (Wildman–Crippen MR) is 171 cm³/mol. The molecule has 0 amide bonds. The Balaban J connectivity index is 0.00000384. The molecule has 42 heteroatoms. The molecule has 2 aliphatic rings. The molecule has 8 N–H and O–H groups in total. The minimum Gasteiger partial charge on any atom is -0.756 e. The number of ether oxygens (including phenoxy) is 2. The van der Waals surface area contributed by atoms with Crippen LogP contribution in [0.25, 0.3) is 22.3 Å². The second-order valence-corrected chi connectivity index (χ2v) is 19.3. The fourth-order valence-electron chi connectivity index (χ4n) is 5.25. The molecule has 4 unspecified atom stereocenters. The summed E-state index contributed by atoms with van der Waals surface area (Å²) in [5.74, 6) is -0.0936. The average molecular weight is 1020 g/mol. The average Bonchev–Trinajstić information content (AvgIpc) is 3.83. The van der Waals surface area contributed by atoms with Crippen LogP contribution in [0.3, 0.4) is 0 Å². The molecule has 6 heterocycles. The van der Waals surface area contributed by atoms with Gasteiger partial charge in [-0.05, 0) is 0 Å². The molecule has 3 radical (unpaired) electrons. The normalized spacial score (nSPS) is 28.3. The molecule has 0 aliphatic carbocycles. The van der Waals surface area contributed by atoms with Gasteiger partial charge in [0.2, 0.25) is 0 Å². The van der Waals surface area contributed by atoms with E-state index in [9.17, 15) is 62.8 Å². The van der Waals surface area contributed by atoms with Crippen molar-refractivity contribution in [2.75, 3.05) is 24.7 Å². The van der Waals surface area contributed by atoms with Gasteiger partial charge in [-0.15, -0.1) is 0 Å².